The van der Waals surface area contributed by atoms with Gasteiger partial charge < -0.3 is 4.90 Å². The molecule has 1 aliphatic heterocycles. The maximum Gasteiger partial charge on any atom is 0.253 e. The van der Waals surface area contributed by atoms with Crippen LogP contribution in [0, 0.1) is 0 Å². The predicted molar refractivity (Wildman–Crippen MR) is 121 cm³/mol. The van der Waals surface area contributed by atoms with E-state index in [4.69, 9.17) is 0 Å². The normalized spacial score (nSPS) is 15.2. The molecule has 1 N–H and O–H groups in total. The van der Waals surface area contributed by atoms with Crippen molar-refractivity contribution in [1.82, 2.24) is 15.1 Å². The molecular formula is C23H26N4O3S. The van der Waals surface area contributed by atoms with Crippen LogP contribution in [0.15, 0.2) is 60.7 Å². The molecule has 1 aromatic heterocycles. The number of rotatable bonds is 7. The van der Waals surface area contributed by atoms with Gasteiger partial charge in [0.25, 0.3) is 5.91 Å². The fourth-order valence-electron chi connectivity index (χ4n) is 3.77. The zero-order valence-electron chi connectivity index (χ0n) is 17.5. The summed E-state index contributed by atoms with van der Waals surface area (Å²) >= 11 is 0. The zero-order chi connectivity index (χ0) is 21.8. The van der Waals surface area contributed by atoms with Crippen molar-refractivity contribution >= 4 is 21.6 Å². The number of sulfonamides is 1. The smallest absolute Gasteiger partial charge is 0.253 e. The number of carbonyl (C=O) groups is 1. The second-order valence-corrected chi connectivity index (χ2v) is 9.78. The molecule has 31 heavy (non-hydrogen) atoms. The molecule has 0 atom stereocenters. The SMILES string of the molecule is CN(CCCc1cc(-c2ccccc2)n[nH]1)C(=O)c1ccc(N2CCCS2(=O)=O)cc1. The number of H-pyrrole nitrogens is 1. The Kier molecular flexibility index (Phi) is 6.08. The van der Waals surface area contributed by atoms with Crippen molar-refractivity contribution in [2.24, 2.45) is 0 Å². The summed E-state index contributed by atoms with van der Waals surface area (Å²) in [6.07, 6.45) is 2.24. The van der Waals surface area contributed by atoms with Crippen LogP contribution in [0.25, 0.3) is 11.3 Å². The highest BCUT2D eigenvalue weighted by Gasteiger charge is 2.28. The van der Waals surface area contributed by atoms with Crippen molar-refractivity contribution in [2.75, 3.05) is 30.2 Å². The molecule has 0 radical (unpaired) electrons. The first-order valence-corrected chi connectivity index (χ1v) is 12.0. The second-order valence-electron chi connectivity index (χ2n) is 7.76. The molecule has 1 amide bonds. The summed E-state index contributed by atoms with van der Waals surface area (Å²) < 4.78 is 25.5. The van der Waals surface area contributed by atoms with Crippen LogP contribution in [0.2, 0.25) is 0 Å². The van der Waals surface area contributed by atoms with Crippen LogP contribution in [0.3, 0.4) is 0 Å². The van der Waals surface area contributed by atoms with E-state index in [0.29, 0.717) is 30.8 Å². The summed E-state index contributed by atoms with van der Waals surface area (Å²) in [4.78, 5) is 14.4. The van der Waals surface area contributed by atoms with Crippen LogP contribution < -0.4 is 4.31 Å². The Bertz CT molecular complexity index is 1140. The largest absolute Gasteiger partial charge is 0.342 e. The maximum atomic E-state index is 12.7. The third kappa shape index (κ3) is 4.80. The molecule has 0 spiro atoms. The minimum Gasteiger partial charge on any atom is -0.342 e. The van der Waals surface area contributed by atoms with Crippen molar-refractivity contribution in [1.29, 1.82) is 0 Å². The number of benzene rings is 2. The molecule has 1 saturated heterocycles. The number of aryl methyl sites for hydroxylation is 1. The maximum absolute atomic E-state index is 12.7. The van der Waals surface area contributed by atoms with Gasteiger partial charge in [-0.3, -0.25) is 14.2 Å². The van der Waals surface area contributed by atoms with Gasteiger partial charge in [-0.1, -0.05) is 30.3 Å². The van der Waals surface area contributed by atoms with Crippen LogP contribution in [-0.2, 0) is 16.4 Å². The summed E-state index contributed by atoms with van der Waals surface area (Å²) in [7, 11) is -1.43. The Labute approximate surface area is 182 Å². The standard InChI is InChI=1S/C23H26N4O3S/c1-26(14-5-9-20-17-22(25-24-20)18-7-3-2-4-8-18)23(28)19-10-12-21(13-11-19)27-15-6-16-31(27,29)30/h2-4,7-8,10-13,17H,5-6,9,14-16H2,1H3,(H,24,25). The van der Waals surface area contributed by atoms with E-state index >= 15 is 0 Å². The van der Waals surface area contributed by atoms with Gasteiger partial charge in [0.15, 0.2) is 0 Å². The highest BCUT2D eigenvalue weighted by atomic mass is 32.2. The molecule has 162 valence electrons. The molecular weight excluding hydrogens is 412 g/mol. The van der Waals surface area contributed by atoms with Gasteiger partial charge >= 0.3 is 0 Å². The molecule has 2 heterocycles. The minimum atomic E-state index is -3.21. The first-order valence-electron chi connectivity index (χ1n) is 10.4. The lowest BCUT2D eigenvalue weighted by Crippen LogP contribution is -2.28. The van der Waals surface area contributed by atoms with Gasteiger partial charge in [-0.15, -0.1) is 0 Å². The quantitative estimate of drug-likeness (QED) is 0.613. The minimum absolute atomic E-state index is 0.0783. The molecule has 1 fully saturated rings. The third-order valence-corrected chi connectivity index (χ3v) is 7.36. The monoisotopic (exact) mass is 438 g/mol. The fourth-order valence-corrected chi connectivity index (χ4v) is 5.34. The Hall–Kier alpha value is -3.13. The van der Waals surface area contributed by atoms with Gasteiger partial charge in [-0.05, 0) is 49.6 Å². The van der Waals surface area contributed by atoms with Crippen LogP contribution in [-0.4, -0.2) is 55.3 Å². The predicted octanol–water partition coefficient (Wildman–Crippen LogP) is 3.32. The topological polar surface area (TPSA) is 86.4 Å². The Morgan fingerprint density at radius 1 is 1.13 bits per heavy atom. The molecule has 0 saturated carbocycles. The van der Waals surface area contributed by atoms with Gasteiger partial charge in [0, 0.05) is 37.0 Å². The number of nitrogens with one attached hydrogen (secondary N) is 1. The lowest BCUT2D eigenvalue weighted by atomic mass is 10.1. The zero-order valence-corrected chi connectivity index (χ0v) is 18.3. The summed E-state index contributed by atoms with van der Waals surface area (Å²) in [5, 5.41) is 7.44. The number of hydrogen-bond acceptors (Lipinski definition) is 4. The van der Waals surface area contributed by atoms with Gasteiger partial charge in [0.1, 0.15) is 0 Å². The van der Waals surface area contributed by atoms with Crippen molar-refractivity contribution in [2.45, 2.75) is 19.3 Å². The lowest BCUT2D eigenvalue weighted by molar-refractivity contribution is 0.0793. The van der Waals surface area contributed by atoms with E-state index in [0.717, 1.165) is 29.8 Å². The van der Waals surface area contributed by atoms with Crippen LogP contribution >= 0.6 is 0 Å². The number of nitrogens with zero attached hydrogens (tertiary/aromatic N) is 3. The number of aromatic amines is 1. The Morgan fingerprint density at radius 3 is 2.55 bits per heavy atom. The molecule has 3 aromatic rings. The first kappa shape index (κ1) is 21.1. The van der Waals surface area contributed by atoms with Crippen molar-refractivity contribution in [3.63, 3.8) is 0 Å². The van der Waals surface area contributed by atoms with E-state index in [1.165, 1.54) is 4.31 Å². The van der Waals surface area contributed by atoms with Gasteiger partial charge in [-0.25, -0.2) is 8.42 Å². The van der Waals surface area contributed by atoms with Gasteiger partial charge in [-0.2, -0.15) is 5.10 Å². The van der Waals surface area contributed by atoms with Gasteiger partial charge in [0.05, 0.1) is 17.1 Å². The molecule has 4 rings (SSSR count). The highest BCUT2D eigenvalue weighted by molar-refractivity contribution is 7.93. The molecule has 0 bridgehead atoms. The fraction of sp³-hybridized carbons (Fsp3) is 0.304. The van der Waals surface area contributed by atoms with E-state index in [2.05, 4.69) is 10.2 Å². The number of aromatic nitrogens is 2. The summed E-state index contributed by atoms with van der Waals surface area (Å²) in [6.45, 7) is 1.11. The van der Waals surface area contributed by atoms with E-state index in [-0.39, 0.29) is 11.7 Å². The highest BCUT2D eigenvalue weighted by Crippen LogP contribution is 2.24. The molecule has 7 nitrogen and oxygen atoms in total. The molecule has 2 aromatic carbocycles. The average Bonchev–Trinajstić information content (AvgIpc) is 3.40. The first-order chi connectivity index (χ1) is 14.9. The van der Waals surface area contributed by atoms with Crippen molar-refractivity contribution in [3.8, 4) is 11.3 Å². The number of carbonyl (C=O) groups excluding carboxylic acids is 1. The van der Waals surface area contributed by atoms with Crippen molar-refractivity contribution < 1.29 is 13.2 Å². The second kappa shape index (κ2) is 8.93. The van der Waals surface area contributed by atoms with E-state index in [1.54, 1.807) is 36.2 Å². The molecule has 0 aliphatic carbocycles. The van der Waals surface area contributed by atoms with E-state index in [9.17, 15) is 13.2 Å². The average molecular weight is 439 g/mol. The molecule has 8 heteroatoms. The number of hydrogen-bond donors (Lipinski definition) is 1. The summed E-state index contributed by atoms with van der Waals surface area (Å²) in [5.41, 5.74) is 4.19. The molecule has 0 unspecified atom stereocenters. The van der Waals surface area contributed by atoms with Crippen LogP contribution in [0.5, 0.6) is 0 Å². The van der Waals surface area contributed by atoms with E-state index < -0.39 is 10.0 Å². The number of amides is 1. The summed E-state index contributed by atoms with van der Waals surface area (Å²) in [6, 6.07) is 18.9. The number of anilines is 1. The Morgan fingerprint density at radius 2 is 1.87 bits per heavy atom. The Balaban J connectivity index is 1.30. The van der Waals surface area contributed by atoms with Gasteiger partial charge in [0.2, 0.25) is 10.0 Å². The molecule has 1 aliphatic rings. The summed E-state index contributed by atoms with van der Waals surface area (Å²) in [5.74, 6) is 0.102. The third-order valence-electron chi connectivity index (χ3n) is 5.49. The van der Waals surface area contributed by atoms with Crippen molar-refractivity contribution in [3.05, 3.63) is 71.9 Å². The van der Waals surface area contributed by atoms with Crippen LogP contribution in [0.4, 0.5) is 5.69 Å². The lowest BCUT2D eigenvalue weighted by Gasteiger charge is -2.19. The van der Waals surface area contributed by atoms with E-state index in [1.807, 2.05) is 36.4 Å². The van der Waals surface area contributed by atoms with Crippen LogP contribution in [0.1, 0.15) is 28.9 Å².